The van der Waals surface area contributed by atoms with Gasteiger partial charge < -0.3 is 5.73 Å². The zero-order chi connectivity index (χ0) is 14.0. The first kappa shape index (κ1) is 14.7. The first-order valence-corrected chi connectivity index (χ1v) is 9.01. The zero-order valence-electron chi connectivity index (χ0n) is 11.3. The quantitative estimate of drug-likeness (QED) is 0.838. The third-order valence-corrected chi connectivity index (χ3v) is 6.17. The van der Waals surface area contributed by atoms with Crippen molar-refractivity contribution in [1.29, 1.82) is 0 Å². The third-order valence-electron chi connectivity index (χ3n) is 3.47. The second-order valence-corrected chi connectivity index (χ2v) is 7.88. The molecule has 0 unspecified atom stereocenters. The minimum Gasteiger partial charge on any atom is -0.399 e. The SMILES string of the molecule is Cc1cc(N)cc(S(=O)(=O)NC2CCSCC2)c1C. The summed E-state index contributed by atoms with van der Waals surface area (Å²) in [6.45, 7) is 3.70. The van der Waals surface area contributed by atoms with E-state index >= 15 is 0 Å². The van der Waals surface area contributed by atoms with Crippen LogP contribution in [0.25, 0.3) is 0 Å². The minimum absolute atomic E-state index is 0.0485. The predicted octanol–water partition coefficient (Wildman–Crippen LogP) is 2.06. The van der Waals surface area contributed by atoms with Crippen LogP contribution in [0.2, 0.25) is 0 Å². The Hall–Kier alpha value is -0.720. The van der Waals surface area contributed by atoms with E-state index in [1.54, 1.807) is 12.1 Å². The summed E-state index contributed by atoms with van der Waals surface area (Å²) in [5, 5.41) is 0. The highest BCUT2D eigenvalue weighted by atomic mass is 32.2. The van der Waals surface area contributed by atoms with Crippen molar-refractivity contribution in [3.63, 3.8) is 0 Å². The topological polar surface area (TPSA) is 72.2 Å². The van der Waals surface area contributed by atoms with Crippen molar-refractivity contribution in [2.45, 2.75) is 37.6 Å². The summed E-state index contributed by atoms with van der Waals surface area (Å²) in [6.07, 6.45) is 1.79. The molecular formula is C13H20N2O2S2. The van der Waals surface area contributed by atoms with E-state index in [1.807, 2.05) is 25.6 Å². The number of hydrogen-bond acceptors (Lipinski definition) is 4. The lowest BCUT2D eigenvalue weighted by Gasteiger charge is -2.23. The summed E-state index contributed by atoms with van der Waals surface area (Å²) in [4.78, 5) is 0.309. The van der Waals surface area contributed by atoms with Gasteiger partial charge in [-0.05, 0) is 61.5 Å². The fraction of sp³-hybridized carbons (Fsp3) is 0.538. The Morgan fingerprint density at radius 3 is 2.53 bits per heavy atom. The van der Waals surface area contributed by atoms with Crippen LogP contribution in [0.15, 0.2) is 17.0 Å². The van der Waals surface area contributed by atoms with E-state index in [4.69, 9.17) is 5.73 Å². The fourth-order valence-electron chi connectivity index (χ4n) is 2.23. The first-order valence-electron chi connectivity index (χ1n) is 6.37. The highest BCUT2D eigenvalue weighted by Gasteiger charge is 2.24. The fourth-order valence-corrected chi connectivity index (χ4v) is 4.99. The van der Waals surface area contributed by atoms with Crippen molar-refractivity contribution < 1.29 is 8.42 Å². The van der Waals surface area contributed by atoms with Gasteiger partial charge in [0.1, 0.15) is 0 Å². The van der Waals surface area contributed by atoms with Gasteiger partial charge in [-0.1, -0.05) is 0 Å². The molecule has 1 fully saturated rings. The molecule has 2 rings (SSSR count). The van der Waals surface area contributed by atoms with Gasteiger partial charge in [0.05, 0.1) is 4.90 Å². The number of sulfonamides is 1. The lowest BCUT2D eigenvalue weighted by atomic mass is 10.1. The molecule has 1 aliphatic heterocycles. The van der Waals surface area contributed by atoms with E-state index in [0.717, 1.165) is 35.5 Å². The van der Waals surface area contributed by atoms with E-state index in [0.29, 0.717) is 10.6 Å². The summed E-state index contributed by atoms with van der Waals surface area (Å²) >= 11 is 1.87. The van der Waals surface area contributed by atoms with Crippen molar-refractivity contribution in [1.82, 2.24) is 4.72 Å². The first-order chi connectivity index (χ1) is 8.90. The molecule has 0 aromatic heterocycles. The van der Waals surface area contributed by atoms with Gasteiger partial charge in [0.15, 0.2) is 0 Å². The standard InChI is InChI=1S/C13H20N2O2S2/c1-9-7-11(14)8-13(10(9)2)19(16,17)15-12-3-5-18-6-4-12/h7-8,12,15H,3-6,14H2,1-2H3. The molecule has 1 aromatic rings. The average molecular weight is 300 g/mol. The summed E-state index contributed by atoms with van der Waals surface area (Å²) in [5.41, 5.74) is 7.92. The second kappa shape index (κ2) is 5.73. The highest BCUT2D eigenvalue weighted by Crippen LogP contribution is 2.24. The molecule has 4 nitrogen and oxygen atoms in total. The molecule has 0 amide bonds. The normalized spacial score (nSPS) is 17.6. The molecule has 0 bridgehead atoms. The van der Waals surface area contributed by atoms with Crippen LogP contribution in [0.3, 0.4) is 0 Å². The maximum atomic E-state index is 12.5. The molecule has 0 spiro atoms. The number of nitrogens with two attached hydrogens (primary N) is 1. The number of nitrogens with one attached hydrogen (secondary N) is 1. The van der Waals surface area contributed by atoms with Crippen LogP contribution >= 0.6 is 11.8 Å². The van der Waals surface area contributed by atoms with Gasteiger partial charge in [-0.25, -0.2) is 13.1 Å². The number of benzene rings is 1. The Balaban J connectivity index is 2.28. The van der Waals surface area contributed by atoms with E-state index < -0.39 is 10.0 Å². The number of thioether (sulfide) groups is 1. The van der Waals surface area contributed by atoms with E-state index in [9.17, 15) is 8.42 Å². The summed E-state index contributed by atoms with van der Waals surface area (Å²) < 4.78 is 27.7. The van der Waals surface area contributed by atoms with E-state index in [2.05, 4.69) is 4.72 Å². The molecule has 0 atom stereocenters. The van der Waals surface area contributed by atoms with Gasteiger partial charge in [0, 0.05) is 11.7 Å². The van der Waals surface area contributed by atoms with Crippen LogP contribution in [0, 0.1) is 13.8 Å². The van der Waals surface area contributed by atoms with Crippen molar-refractivity contribution >= 4 is 27.5 Å². The Kier molecular flexibility index (Phi) is 4.43. The van der Waals surface area contributed by atoms with Gasteiger partial charge in [0.2, 0.25) is 10.0 Å². The summed E-state index contributed by atoms with van der Waals surface area (Å²) in [6, 6.07) is 3.39. The lowest BCUT2D eigenvalue weighted by molar-refractivity contribution is 0.528. The van der Waals surface area contributed by atoms with Gasteiger partial charge in [0.25, 0.3) is 0 Å². The van der Waals surface area contributed by atoms with Crippen LogP contribution in [-0.2, 0) is 10.0 Å². The summed E-state index contributed by atoms with van der Waals surface area (Å²) in [7, 11) is -3.47. The van der Waals surface area contributed by atoms with Crippen LogP contribution < -0.4 is 10.5 Å². The van der Waals surface area contributed by atoms with Crippen molar-refractivity contribution in [3.05, 3.63) is 23.3 Å². The largest absolute Gasteiger partial charge is 0.399 e. The molecular weight excluding hydrogens is 280 g/mol. The van der Waals surface area contributed by atoms with Crippen molar-refractivity contribution in [2.75, 3.05) is 17.2 Å². The molecule has 0 saturated carbocycles. The van der Waals surface area contributed by atoms with E-state index in [-0.39, 0.29) is 6.04 Å². The highest BCUT2D eigenvalue weighted by molar-refractivity contribution is 7.99. The molecule has 1 aliphatic rings. The number of nitrogen functional groups attached to an aromatic ring is 1. The smallest absolute Gasteiger partial charge is 0.241 e. The Morgan fingerprint density at radius 2 is 1.89 bits per heavy atom. The van der Waals surface area contributed by atoms with Gasteiger partial charge in [-0.15, -0.1) is 0 Å². The number of rotatable bonds is 3. The molecule has 1 heterocycles. The van der Waals surface area contributed by atoms with E-state index in [1.165, 1.54) is 0 Å². The zero-order valence-corrected chi connectivity index (χ0v) is 12.9. The summed E-state index contributed by atoms with van der Waals surface area (Å²) in [5.74, 6) is 2.03. The number of hydrogen-bond donors (Lipinski definition) is 2. The molecule has 6 heteroatoms. The minimum atomic E-state index is -3.47. The van der Waals surface area contributed by atoms with Crippen molar-refractivity contribution in [2.24, 2.45) is 0 Å². The number of anilines is 1. The maximum Gasteiger partial charge on any atom is 0.241 e. The van der Waals surface area contributed by atoms with Crippen LogP contribution in [0.4, 0.5) is 5.69 Å². The molecule has 0 radical (unpaired) electrons. The van der Waals surface area contributed by atoms with Gasteiger partial charge in [-0.3, -0.25) is 0 Å². The van der Waals surface area contributed by atoms with Gasteiger partial charge >= 0.3 is 0 Å². The Labute approximate surface area is 119 Å². The van der Waals surface area contributed by atoms with Crippen LogP contribution in [0.5, 0.6) is 0 Å². The Bertz CT molecular complexity index is 564. The molecule has 106 valence electrons. The maximum absolute atomic E-state index is 12.5. The molecule has 1 saturated heterocycles. The van der Waals surface area contributed by atoms with Crippen LogP contribution in [0.1, 0.15) is 24.0 Å². The molecule has 1 aromatic carbocycles. The predicted molar refractivity (Wildman–Crippen MR) is 81.0 cm³/mol. The lowest BCUT2D eigenvalue weighted by Crippen LogP contribution is -2.37. The molecule has 3 N–H and O–H groups in total. The molecule has 19 heavy (non-hydrogen) atoms. The second-order valence-electron chi connectivity index (χ2n) is 4.97. The van der Waals surface area contributed by atoms with Crippen LogP contribution in [-0.4, -0.2) is 26.0 Å². The third kappa shape index (κ3) is 3.43. The van der Waals surface area contributed by atoms with Gasteiger partial charge in [-0.2, -0.15) is 11.8 Å². The number of aryl methyl sites for hydroxylation is 1. The monoisotopic (exact) mass is 300 g/mol. The molecule has 0 aliphatic carbocycles. The Morgan fingerprint density at radius 1 is 1.26 bits per heavy atom. The van der Waals surface area contributed by atoms with Crippen molar-refractivity contribution in [3.8, 4) is 0 Å². The average Bonchev–Trinajstić information content (AvgIpc) is 2.34.